The number of rotatable bonds is 4. The third kappa shape index (κ3) is 3.86. The first kappa shape index (κ1) is 9.94. The minimum atomic E-state index is -0.645. The van der Waals surface area contributed by atoms with E-state index in [2.05, 4.69) is 10.8 Å². The lowest BCUT2D eigenvalue weighted by atomic mass is 10.2. The Kier molecular flexibility index (Phi) is 4.20. The van der Waals surface area contributed by atoms with Gasteiger partial charge in [-0.2, -0.15) is 0 Å². The van der Waals surface area contributed by atoms with Gasteiger partial charge >= 0.3 is 6.03 Å². The van der Waals surface area contributed by atoms with Crippen LogP contribution in [-0.4, -0.2) is 31.6 Å². The van der Waals surface area contributed by atoms with Gasteiger partial charge < -0.3 is 5.32 Å². The largest absolute Gasteiger partial charge is 0.345 e. The molecule has 0 saturated carbocycles. The predicted octanol–water partition coefficient (Wildman–Crippen LogP) is -0.874. The summed E-state index contributed by atoms with van der Waals surface area (Å²) in [4.78, 5) is 25.3. The molecule has 1 saturated heterocycles. The number of imide groups is 1. The SMILES string of the molecule is O=CNC(=O)NOCC1CCCN1. The molecule has 1 fully saturated rings. The Morgan fingerprint density at radius 1 is 1.69 bits per heavy atom. The molecule has 0 spiro atoms. The average Bonchev–Trinajstić information content (AvgIpc) is 2.57. The first-order valence-corrected chi connectivity index (χ1v) is 4.18. The predicted molar refractivity (Wildman–Crippen MR) is 44.7 cm³/mol. The lowest BCUT2D eigenvalue weighted by Gasteiger charge is -2.09. The molecule has 1 unspecified atom stereocenters. The van der Waals surface area contributed by atoms with Crippen molar-refractivity contribution < 1.29 is 14.4 Å². The first-order valence-electron chi connectivity index (χ1n) is 4.18. The maximum atomic E-state index is 10.6. The maximum absolute atomic E-state index is 10.6. The number of carbonyl (C=O) groups excluding carboxylic acids is 2. The summed E-state index contributed by atoms with van der Waals surface area (Å²) in [5.41, 5.74) is 2.09. The average molecular weight is 187 g/mol. The highest BCUT2D eigenvalue weighted by Gasteiger charge is 2.14. The van der Waals surface area contributed by atoms with E-state index in [0.717, 1.165) is 19.4 Å². The van der Waals surface area contributed by atoms with Crippen LogP contribution in [0.15, 0.2) is 0 Å². The molecule has 3 amide bonds. The second-order valence-corrected chi connectivity index (χ2v) is 2.80. The van der Waals surface area contributed by atoms with Gasteiger partial charge in [0.25, 0.3) is 0 Å². The Labute approximate surface area is 76.0 Å². The Hall–Kier alpha value is -1.14. The van der Waals surface area contributed by atoms with Gasteiger partial charge in [0.2, 0.25) is 6.41 Å². The fraction of sp³-hybridized carbons (Fsp3) is 0.714. The molecule has 74 valence electrons. The monoisotopic (exact) mass is 187 g/mol. The summed E-state index contributed by atoms with van der Waals surface area (Å²) >= 11 is 0. The summed E-state index contributed by atoms with van der Waals surface area (Å²) in [6.07, 6.45) is 2.48. The molecule has 3 N–H and O–H groups in total. The zero-order valence-electron chi connectivity index (χ0n) is 7.21. The molecule has 6 nitrogen and oxygen atoms in total. The Morgan fingerprint density at radius 2 is 2.54 bits per heavy atom. The molecule has 1 aliphatic rings. The van der Waals surface area contributed by atoms with Gasteiger partial charge in [-0.05, 0) is 19.4 Å². The molecular weight excluding hydrogens is 174 g/mol. The zero-order chi connectivity index (χ0) is 9.52. The van der Waals surface area contributed by atoms with E-state index in [1.807, 2.05) is 5.32 Å². The number of nitrogens with one attached hydrogen (secondary N) is 3. The summed E-state index contributed by atoms with van der Waals surface area (Å²) in [6, 6.07) is -0.343. The fourth-order valence-electron chi connectivity index (χ4n) is 1.19. The quantitative estimate of drug-likeness (QED) is 0.394. The molecular formula is C7H13N3O3. The van der Waals surface area contributed by atoms with Gasteiger partial charge in [-0.15, -0.1) is 0 Å². The van der Waals surface area contributed by atoms with Gasteiger partial charge in [0, 0.05) is 6.04 Å². The molecule has 0 aromatic rings. The summed E-state index contributed by atoms with van der Waals surface area (Å²) < 4.78 is 0. The summed E-state index contributed by atoms with van der Waals surface area (Å²) in [6.45, 7) is 1.42. The Bertz CT molecular complexity index is 180. The van der Waals surface area contributed by atoms with E-state index in [9.17, 15) is 9.59 Å². The van der Waals surface area contributed by atoms with E-state index in [1.165, 1.54) is 0 Å². The number of hydrogen-bond acceptors (Lipinski definition) is 4. The third-order valence-electron chi connectivity index (χ3n) is 1.80. The molecule has 6 heteroatoms. The molecule has 13 heavy (non-hydrogen) atoms. The third-order valence-corrected chi connectivity index (χ3v) is 1.80. The molecule has 1 heterocycles. The van der Waals surface area contributed by atoms with Crippen LogP contribution in [0.5, 0.6) is 0 Å². The van der Waals surface area contributed by atoms with Crippen LogP contribution in [0.25, 0.3) is 0 Å². The number of amides is 3. The van der Waals surface area contributed by atoms with Crippen LogP contribution in [0.3, 0.4) is 0 Å². The second kappa shape index (κ2) is 5.50. The van der Waals surface area contributed by atoms with E-state index in [0.29, 0.717) is 19.1 Å². The lowest BCUT2D eigenvalue weighted by Crippen LogP contribution is -2.38. The van der Waals surface area contributed by atoms with E-state index in [-0.39, 0.29) is 0 Å². The second-order valence-electron chi connectivity index (χ2n) is 2.80. The van der Waals surface area contributed by atoms with Crippen LogP contribution < -0.4 is 16.1 Å². The molecule has 0 aromatic heterocycles. The van der Waals surface area contributed by atoms with Crippen LogP contribution in [-0.2, 0) is 9.63 Å². The smallest absolute Gasteiger partial charge is 0.312 e. The van der Waals surface area contributed by atoms with Gasteiger partial charge in [0.1, 0.15) is 0 Å². The van der Waals surface area contributed by atoms with Crippen molar-refractivity contribution >= 4 is 12.4 Å². The normalized spacial score (nSPS) is 21.1. The van der Waals surface area contributed by atoms with E-state index in [4.69, 9.17) is 4.84 Å². The van der Waals surface area contributed by atoms with Crippen LogP contribution in [0, 0.1) is 0 Å². The standard InChI is InChI=1S/C7H13N3O3/c11-5-9-7(12)10-13-4-6-2-1-3-8-6/h5-6,8H,1-4H2,(H2,9,10,11,12). The van der Waals surface area contributed by atoms with Crippen LogP contribution >= 0.6 is 0 Å². The highest BCUT2D eigenvalue weighted by Crippen LogP contribution is 2.03. The highest BCUT2D eigenvalue weighted by molar-refractivity contribution is 5.83. The molecule has 1 rings (SSSR count). The maximum Gasteiger partial charge on any atom is 0.345 e. The van der Waals surface area contributed by atoms with Crippen molar-refractivity contribution in [2.75, 3.05) is 13.2 Å². The topological polar surface area (TPSA) is 79.5 Å². The molecule has 0 radical (unpaired) electrons. The number of hydroxylamine groups is 1. The van der Waals surface area contributed by atoms with Gasteiger partial charge in [-0.25, -0.2) is 10.3 Å². The van der Waals surface area contributed by atoms with Crippen molar-refractivity contribution in [3.8, 4) is 0 Å². The highest BCUT2D eigenvalue weighted by atomic mass is 16.7. The van der Waals surface area contributed by atoms with Gasteiger partial charge in [-0.3, -0.25) is 14.9 Å². The van der Waals surface area contributed by atoms with E-state index >= 15 is 0 Å². The van der Waals surface area contributed by atoms with Gasteiger partial charge in [-0.1, -0.05) is 0 Å². The lowest BCUT2D eigenvalue weighted by molar-refractivity contribution is -0.108. The molecule has 0 aliphatic carbocycles. The van der Waals surface area contributed by atoms with Crippen LogP contribution in [0.2, 0.25) is 0 Å². The van der Waals surface area contributed by atoms with E-state index in [1.54, 1.807) is 0 Å². The number of carbonyl (C=O) groups is 2. The van der Waals surface area contributed by atoms with Gasteiger partial charge in [0.05, 0.1) is 6.61 Å². The Morgan fingerprint density at radius 3 is 3.15 bits per heavy atom. The minimum Gasteiger partial charge on any atom is -0.312 e. The Balaban J connectivity index is 1.99. The molecule has 0 aromatic carbocycles. The first-order chi connectivity index (χ1) is 6.33. The summed E-state index contributed by atoms with van der Waals surface area (Å²) in [5.74, 6) is 0. The van der Waals surface area contributed by atoms with Crippen molar-refractivity contribution in [1.82, 2.24) is 16.1 Å². The van der Waals surface area contributed by atoms with Crippen LogP contribution in [0.4, 0.5) is 4.79 Å². The summed E-state index contributed by atoms with van der Waals surface area (Å²) in [7, 11) is 0. The van der Waals surface area contributed by atoms with Crippen molar-refractivity contribution in [2.45, 2.75) is 18.9 Å². The van der Waals surface area contributed by atoms with Crippen LogP contribution in [0.1, 0.15) is 12.8 Å². The number of hydrogen-bond donors (Lipinski definition) is 3. The number of urea groups is 1. The van der Waals surface area contributed by atoms with Crippen molar-refractivity contribution in [3.05, 3.63) is 0 Å². The molecule has 0 bridgehead atoms. The van der Waals surface area contributed by atoms with Crippen molar-refractivity contribution in [2.24, 2.45) is 0 Å². The molecule has 1 aliphatic heterocycles. The van der Waals surface area contributed by atoms with Gasteiger partial charge in [0.15, 0.2) is 0 Å². The summed E-state index contributed by atoms with van der Waals surface area (Å²) in [5, 5.41) is 5.09. The van der Waals surface area contributed by atoms with Crippen molar-refractivity contribution in [1.29, 1.82) is 0 Å². The molecule has 1 atom stereocenters. The van der Waals surface area contributed by atoms with E-state index < -0.39 is 6.03 Å². The zero-order valence-corrected chi connectivity index (χ0v) is 7.21. The minimum absolute atomic E-state index is 0.298. The fourth-order valence-corrected chi connectivity index (χ4v) is 1.19. The van der Waals surface area contributed by atoms with Crippen molar-refractivity contribution in [3.63, 3.8) is 0 Å².